The molecule has 19 heavy (non-hydrogen) atoms. The van der Waals surface area contributed by atoms with E-state index in [1.54, 1.807) is 23.7 Å². The van der Waals surface area contributed by atoms with Gasteiger partial charge in [0.15, 0.2) is 5.82 Å². The molecule has 1 aromatic heterocycles. The number of aliphatic hydroxyl groups is 1. The van der Waals surface area contributed by atoms with E-state index in [-0.39, 0.29) is 0 Å². The van der Waals surface area contributed by atoms with E-state index >= 15 is 0 Å². The fraction of sp³-hybridized carbons (Fsp3) is 0.429. The fourth-order valence-corrected chi connectivity index (χ4v) is 1.92. The van der Waals surface area contributed by atoms with Gasteiger partial charge >= 0.3 is 0 Å². The number of halogens is 1. The number of aromatic nitrogens is 3. The Morgan fingerprint density at radius 3 is 2.58 bits per heavy atom. The van der Waals surface area contributed by atoms with E-state index in [2.05, 4.69) is 10.1 Å². The monoisotopic (exact) mass is 263 g/mol. The molecule has 0 fully saturated rings. The first-order chi connectivity index (χ1) is 9.06. The average Bonchev–Trinajstić information content (AvgIpc) is 2.81. The highest BCUT2D eigenvalue weighted by Gasteiger charge is 2.14. The Morgan fingerprint density at radius 2 is 2.05 bits per heavy atom. The molecule has 0 amide bonds. The number of rotatable bonds is 4. The fourth-order valence-electron chi connectivity index (χ4n) is 1.92. The molecule has 0 saturated heterocycles. The summed E-state index contributed by atoms with van der Waals surface area (Å²) in [7, 11) is 0. The molecule has 1 heterocycles. The molecule has 0 aliphatic rings. The van der Waals surface area contributed by atoms with Crippen molar-refractivity contribution in [2.24, 2.45) is 0 Å². The summed E-state index contributed by atoms with van der Waals surface area (Å²) < 4.78 is 15.7. The molecule has 1 N–H and O–H groups in total. The molecule has 0 aliphatic carbocycles. The van der Waals surface area contributed by atoms with Crippen molar-refractivity contribution in [2.75, 3.05) is 0 Å². The third kappa shape index (κ3) is 2.66. The van der Waals surface area contributed by atoms with Crippen LogP contribution in [0.25, 0.3) is 5.69 Å². The van der Waals surface area contributed by atoms with Crippen LogP contribution in [0.3, 0.4) is 0 Å². The highest BCUT2D eigenvalue weighted by molar-refractivity contribution is 5.37. The van der Waals surface area contributed by atoms with Gasteiger partial charge in [0.1, 0.15) is 17.3 Å². The van der Waals surface area contributed by atoms with Gasteiger partial charge < -0.3 is 5.11 Å². The molecule has 1 atom stereocenters. The van der Waals surface area contributed by atoms with Gasteiger partial charge in [-0.05, 0) is 24.6 Å². The molecule has 2 rings (SSSR count). The summed E-state index contributed by atoms with van der Waals surface area (Å²) in [6.45, 7) is 5.53. The van der Waals surface area contributed by atoms with E-state index in [0.29, 0.717) is 29.9 Å². The van der Waals surface area contributed by atoms with Crippen LogP contribution < -0.4 is 0 Å². The molecule has 0 radical (unpaired) electrons. The normalized spacial score (nSPS) is 12.7. The summed E-state index contributed by atoms with van der Waals surface area (Å²) in [5, 5.41) is 13.8. The van der Waals surface area contributed by atoms with Gasteiger partial charge in [-0.15, -0.1) is 0 Å². The van der Waals surface area contributed by atoms with Gasteiger partial charge in [-0.3, -0.25) is 0 Å². The van der Waals surface area contributed by atoms with E-state index in [1.807, 2.05) is 13.8 Å². The zero-order valence-corrected chi connectivity index (χ0v) is 11.4. The van der Waals surface area contributed by atoms with Gasteiger partial charge in [-0.25, -0.2) is 14.1 Å². The van der Waals surface area contributed by atoms with Gasteiger partial charge in [-0.1, -0.05) is 19.9 Å². The average molecular weight is 263 g/mol. The summed E-state index contributed by atoms with van der Waals surface area (Å²) >= 11 is 0. The number of aliphatic hydroxyl groups excluding tert-OH is 1. The Balaban J connectivity index is 2.49. The highest BCUT2D eigenvalue weighted by Crippen LogP contribution is 2.20. The van der Waals surface area contributed by atoms with E-state index in [0.717, 1.165) is 5.82 Å². The lowest BCUT2D eigenvalue weighted by Crippen LogP contribution is -2.05. The molecule has 4 nitrogen and oxygen atoms in total. The SMILES string of the molecule is CCc1nc(CC)n(-c2ccc([C@H](C)O)cc2F)n1. The second kappa shape index (κ2) is 5.48. The molecule has 1 aromatic carbocycles. The first-order valence-electron chi connectivity index (χ1n) is 6.49. The maximum atomic E-state index is 14.1. The molecular weight excluding hydrogens is 245 g/mol. The third-order valence-electron chi connectivity index (χ3n) is 3.03. The second-order valence-electron chi connectivity index (χ2n) is 4.45. The molecule has 5 heteroatoms. The Bertz CT molecular complexity index is 578. The zero-order valence-electron chi connectivity index (χ0n) is 11.4. The summed E-state index contributed by atoms with van der Waals surface area (Å²) in [6.07, 6.45) is 0.717. The second-order valence-corrected chi connectivity index (χ2v) is 4.45. The van der Waals surface area contributed by atoms with E-state index in [4.69, 9.17) is 0 Å². The number of nitrogens with zero attached hydrogens (tertiary/aromatic N) is 3. The zero-order chi connectivity index (χ0) is 14.0. The van der Waals surface area contributed by atoms with Crippen LogP contribution in [0.1, 0.15) is 44.1 Å². The molecular formula is C14H18FN3O. The third-order valence-corrected chi connectivity index (χ3v) is 3.03. The van der Waals surface area contributed by atoms with Crippen molar-refractivity contribution in [3.63, 3.8) is 0 Å². The molecule has 0 unspecified atom stereocenters. The van der Waals surface area contributed by atoms with Gasteiger partial charge in [0.05, 0.1) is 6.10 Å². The number of hydrogen-bond acceptors (Lipinski definition) is 3. The number of aryl methyl sites for hydroxylation is 2. The minimum Gasteiger partial charge on any atom is -0.389 e. The van der Waals surface area contributed by atoms with Crippen molar-refractivity contribution in [2.45, 2.75) is 39.7 Å². The predicted octanol–water partition coefficient (Wildman–Crippen LogP) is 2.58. The lowest BCUT2D eigenvalue weighted by atomic mass is 10.1. The summed E-state index contributed by atoms with van der Waals surface area (Å²) in [6, 6.07) is 4.67. The Labute approximate surface area is 111 Å². The van der Waals surface area contributed by atoms with Crippen LogP contribution in [-0.2, 0) is 12.8 Å². The summed E-state index contributed by atoms with van der Waals surface area (Å²) in [4.78, 5) is 4.36. The van der Waals surface area contributed by atoms with Crippen molar-refractivity contribution in [3.05, 3.63) is 41.2 Å². The Kier molecular flexibility index (Phi) is 3.95. The molecule has 0 bridgehead atoms. The van der Waals surface area contributed by atoms with Crippen molar-refractivity contribution >= 4 is 0 Å². The molecule has 102 valence electrons. The standard InChI is InChI=1S/C14H18FN3O/c1-4-13-16-14(5-2)18(17-13)12-7-6-10(9(3)19)8-11(12)15/h6-9,19H,4-5H2,1-3H3/t9-/m0/s1. The van der Waals surface area contributed by atoms with E-state index in [1.165, 1.54) is 6.07 Å². The minimum absolute atomic E-state index is 0.369. The quantitative estimate of drug-likeness (QED) is 0.922. The van der Waals surface area contributed by atoms with Crippen LogP contribution in [0.2, 0.25) is 0 Å². The number of hydrogen-bond donors (Lipinski definition) is 1. The first kappa shape index (κ1) is 13.7. The molecule has 0 spiro atoms. The largest absolute Gasteiger partial charge is 0.389 e. The maximum absolute atomic E-state index is 14.1. The predicted molar refractivity (Wildman–Crippen MR) is 70.7 cm³/mol. The highest BCUT2D eigenvalue weighted by atomic mass is 19.1. The van der Waals surface area contributed by atoms with Gasteiger partial charge in [0.25, 0.3) is 0 Å². The van der Waals surface area contributed by atoms with Crippen LogP contribution >= 0.6 is 0 Å². The van der Waals surface area contributed by atoms with Gasteiger partial charge in [0.2, 0.25) is 0 Å². The lowest BCUT2D eigenvalue weighted by Gasteiger charge is -2.09. The summed E-state index contributed by atoms with van der Waals surface area (Å²) in [5.41, 5.74) is 0.920. The van der Waals surface area contributed by atoms with Crippen molar-refractivity contribution in [1.82, 2.24) is 14.8 Å². The van der Waals surface area contributed by atoms with Crippen LogP contribution in [0.15, 0.2) is 18.2 Å². The Hall–Kier alpha value is -1.75. The topological polar surface area (TPSA) is 50.9 Å². The van der Waals surface area contributed by atoms with E-state index in [9.17, 15) is 9.50 Å². The smallest absolute Gasteiger partial charge is 0.151 e. The van der Waals surface area contributed by atoms with Crippen LogP contribution in [0.4, 0.5) is 4.39 Å². The molecule has 0 aliphatic heterocycles. The summed E-state index contributed by atoms with van der Waals surface area (Å²) in [5.74, 6) is 1.04. The van der Waals surface area contributed by atoms with Crippen molar-refractivity contribution in [1.29, 1.82) is 0 Å². The molecule has 2 aromatic rings. The van der Waals surface area contributed by atoms with Crippen LogP contribution in [-0.4, -0.2) is 19.9 Å². The number of benzene rings is 1. The maximum Gasteiger partial charge on any atom is 0.151 e. The first-order valence-corrected chi connectivity index (χ1v) is 6.49. The van der Waals surface area contributed by atoms with Gasteiger partial charge in [0, 0.05) is 12.8 Å². The van der Waals surface area contributed by atoms with Crippen molar-refractivity contribution < 1.29 is 9.50 Å². The van der Waals surface area contributed by atoms with Crippen LogP contribution in [0, 0.1) is 5.82 Å². The minimum atomic E-state index is -0.684. The Morgan fingerprint density at radius 1 is 1.32 bits per heavy atom. The van der Waals surface area contributed by atoms with Crippen molar-refractivity contribution in [3.8, 4) is 5.69 Å². The molecule has 0 saturated carbocycles. The van der Waals surface area contributed by atoms with Gasteiger partial charge in [-0.2, -0.15) is 5.10 Å². The van der Waals surface area contributed by atoms with E-state index < -0.39 is 11.9 Å². The van der Waals surface area contributed by atoms with Crippen LogP contribution in [0.5, 0.6) is 0 Å². The lowest BCUT2D eigenvalue weighted by molar-refractivity contribution is 0.199.